The zero-order valence-corrected chi connectivity index (χ0v) is 11.0. The van der Waals surface area contributed by atoms with Gasteiger partial charge in [-0.2, -0.15) is 13.2 Å². The molecule has 19 heavy (non-hydrogen) atoms. The largest absolute Gasteiger partial charge is 0.416 e. The maximum absolute atomic E-state index is 12.5. The van der Waals surface area contributed by atoms with E-state index < -0.39 is 11.7 Å². The lowest BCUT2D eigenvalue weighted by atomic mass is 10.0. The van der Waals surface area contributed by atoms with Crippen molar-refractivity contribution in [1.82, 2.24) is 0 Å². The van der Waals surface area contributed by atoms with Crippen LogP contribution in [0.1, 0.15) is 18.1 Å². The third kappa shape index (κ3) is 3.10. The van der Waals surface area contributed by atoms with E-state index in [0.717, 1.165) is 24.1 Å². The van der Waals surface area contributed by atoms with E-state index in [1.807, 2.05) is 31.2 Å². The quantitative estimate of drug-likeness (QED) is 0.674. The van der Waals surface area contributed by atoms with Crippen molar-refractivity contribution in [3.63, 3.8) is 0 Å². The van der Waals surface area contributed by atoms with E-state index in [0.29, 0.717) is 5.56 Å². The van der Waals surface area contributed by atoms with Gasteiger partial charge in [0, 0.05) is 10.6 Å². The Morgan fingerprint density at radius 2 is 1.63 bits per heavy atom. The van der Waals surface area contributed by atoms with Crippen molar-refractivity contribution in [2.75, 3.05) is 0 Å². The molecule has 0 atom stereocenters. The number of rotatable bonds is 2. The predicted octanol–water partition coefficient (Wildman–Crippen LogP) is 5.59. The van der Waals surface area contributed by atoms with Crippen LogP contribution in [0.3, 0.4) is 0 Å². The Labute approximate surface area is 114 Å². The molecule has 2 rings (SSSR count). The number of aryl methyl sites for hydroxylation is 1. The maximum atomic E-state index is 12.5. The van der Waals surface area contributed by atoms with Crippen LogP contribution in [0.4, 0.5) is 13.2 Å². The molecule has 0 radical (unpaired) electrons. The average molecular weight is 285 g/mol. The van der Waals surface area contributed by atoms with Crippen molar-refractivity contribution in [2.24, 2.45) is 0 Å². The van der Waals surface area contributed by atoms with E-state index in [9.17, 15) is 13.2 Å². The smallest absolute Gasteiger partial charge is 0.166 e. The van der Waals surface area contributed by atoms with Crippen molar-refractivity contribution in [3.05, 3.63) is 58.6 Å². The van der Waals surface area contributed by atoms with Gasteiger partial charge in [-0.25, -0.2) is 0 Å². The van der Waals surface area contributed by atoms with E-state index in [4.69, 9.17) is 11.6 Å². The Kier molecular flexibility index (Phi) is 3.85. The first kappa shape index (κ1) is 13.9. The van der Waals surface area contributed by atoms with E-state index >= 15 is 0 Å². The van der Waals surface area contributed by atoms with Gasteiger partial charge in [-0.15, -0.1) is 0 Å². The second-order valence-corrected chi connectivity index (χ2v) is 4.65. The van der Waals surface area contributed by atoms with Crippen LogP contribution < -0.4 is 0 Å². The van der Waals surface area contributed by atoms with Gasteiger partial charge in [0.2, 0.25) is 0 Å². The third-order valence-electron chi connectivity index (χ3n) is 2.97. The predicted molar refractivity (Wildman–Crippen MR) is 71.3 cm³/mol. The van der Waals surface area contributed by atoms with Crippen LogP contribution in [-0.2, 0) is 12.6 Å². The summed E-state index contributed by atoms with van der Waals surface area (Å²) in [7, 11) is 0. The highest BCUT2D eigenvalue weighted by atomic mass is 35.5. The summed E-state index contributed by atoms with van der Waals surface area (Å²) < 4.78 is 37.6. The Bertz CT molecular complexity index is 571. The number of benzene rings is 2. The molecule has 0 aliphatic heterocycles. The van der Waals surface area contributed by atoms with E-state index in [2.05, 4.69) is 0 Å². The fraction of sp³-hybridized carbons (Fsp3) is 0.200. The molecule has 0 N–H and O–H groups in total. The fourth-order valence-electron chi connectivity index (χ4n) is 1.85. The molecule has 0 aliphatic carbocycles. The SMILES string of the molecule is CCc1ccc(-c2ccc(C(F)(F)F)cc2Cl)cc1. The molecule has 0 heterocycles. The lowest BCUT2D eigenvalue weighted by Gasteiger charge is -2.10. The summed E-state index contributed by atoms with van der Waals surface area (Å²) in [5, 5.41) is 0.110. The fourth-order valence-corrected chi connectivity index (χ4v) is 2.14. The zero-order valence-electron chi connectivity index (χ0n) is 10.3. The molecule has 0 aromatic heterocycles. The lowest BCUT2D eigenvalue weighted by Crippen LogP contribution is -2.04. The highest BCUT2D eigenvalue weighted by Crippen LogP contribution is 2.35. The van der Waals surface area contributed by atoms with E-state index in [1.54, 1.807) is 0 Å². The first-order valence-electron chi connectivity index (χ1n) is 5.88. The van der Waals surface area contributed by atoms with Crippen LogP contribution in [0.5, 0.6) is 0 Å². The molecule has 0 spiro atoms. The molecule has 0 fully saturated rings. The number of hydrogen-bond donors (Lipinski definition) is 0. The Morgan fingerprint density at radius 3 is 2.11 bits per heavy atom. The number of hydrogen-bond acceptors (Lipinski definition) is 0. The monoisotopic (exact) mass is 284 g/mol. The van der Waals surface area contributed by atoms with Crippen molar-refractivity contribution in [1.29, 1.82) is 0 Å². The van der Waals surface area contributed by atoms with Crippen LogP contribution in [0.25, 0.3) is 11.1 Å². The Morgan fingerprint density at radius 1 is 1.00 bits per heavy atom. The molecule has 100 valence electrons. The summed E-state index contributed by atoms with van der Waals surface area (Å²) in [5.74, 6) is 0. The standard InChI is InChI=1S/C15H12ClF3/c1-2-10-3-5-11(6-4-10)13-8-7-12(9-14(13)16)15(17,18)19/h3-9H,2H2,1H3. The molecule has 0 aliphatic rings. The van der Waals surface area contributed by atoms with Gasteiger partial charge in [-0.05, 0) is 29.7 Å². The van der Waals surface area contributed by atoms with Crippen LogP contribution in [0.2, 0.25) is 5.02 Å². The van der Waals surface area contributed by atoms with Gasteiger partial charge in [-0.3, -0.25) is 0 Å². The van der Waals surface area contributed by atoms with Crippen LogP contribution in [-0.4, -0.2) is 0 Å². The van der Waals surface area contributed by atoms with Crippen molar-refractivity contribution in [3.8, 4) is 11.1 Å². The third-order valence-corrected chi connectivity index (χ3v) is 3.28. The van der Waals surface area contributed by atoms with Crippen LogP contribution in [0, 0.1) is 0 Å². The molecular weight excluding hydrogens is 273 g/mol. The van der Waals surface area contributed by atoms with E-state index in [1.165, 1.54) is 11.6 Å². The van der Waals surface area contributed by atoms with Crippen LogP contribution >= 0.6 is 11.6 Å². The summed E-state index contributed by atoms with van der Waals surface area (Å²) >= 11 is 5.94. The Balaban J connectivity index is 2.40. The zero-order chi connectivity index (χ0) is 14.0. The topological polar surface area (TPSA) is 0 Å². The molecule has 0 saturated heterocycles. The number of alkyl halides is 3. The van der Waals surface area contributed by atoms with Crippen molar-refractivity contribution >= 4 is 11.6 Å². The van der Waals surface area contributed by atoms with Gasteiger partial charge < -0.3 is 0 Å². The minimum Gasteiger partial charge on any atom is -0.166 e. The first-order valence-corrected chi connectivity index (χ1v) is 6.25. The Hall–Kier alpha value is -1.48. The molecular formula is C15H12ClF3. The molecule has 0 amide bonds. The van der Waals surface area contributed by atoms with Gasteiger partial charge in [-0.1, -0.05) is 48.9 Å². The van der Waals surface area contributed by atoms with E-state index in [-0.39, 0.29) is 5.02 Å². The molecule has 0 bridgehead atoms. The minimum atomic E-state index is -4.37. The first-order chi connectivity index (χ1) is 8.91. The molecule has 2 aromatic carbocycles. The molecule has 0 unspecified atom stereocenters. The summed E-state index contributed by atoms with van der Waals surface area (Å²) in [6.45, 7) is 2.04. The lowest BCUT2D eigenvalue weighted by molar-refractivity contribution is -0.137. The van der Waals surface area contributed by atoms with Crippen molar-refractivity contribution < 1.29 is 13.2 Å². The van der Waals surface area contributed by atoms with Crippen LogP contribution in [0.15, 0.2) is 42.5 Å². The van der Waals surface area contributed by atoms with Gasteiger partial charge in [0.15, 0.2) is 0 Å². The summed E-state index contributed by atoms with van der Waals surface area (Å²) in [4.78, 5) is 0. The maximum Gasteiger partial charge on any atom is 0.416 e. The van der Waals surface area contributed by atoms with Crippen molar-refractivity contribution in [2.45, 2.75) is 19.5 Å². The average Bonchev–Trinajstić information content (AvgIpc) is 2.38. The van der Waals surface area contributed by atoms with Gasteiger partial charge >= 0.3 is 6.18 Å². The summed E-state index contributed by atoms with van der Waals surface area (Å²) in [6.07, 6.45) is -3.45. The summed E-state index contributed by atoms with van der Waals surface area (Å²) in [6, 6.07) is 11.1. The summed E-state index contributed by atoms with van der Waals surface area (Å²) in [5.41, 5.74) is 1.87. The highest BCUT2D eigenvalue weighted by Gasteiger charge is 2.30. The normalized spacial score (nSPS) is 11.6. The van der Waals surface area contributed by atoms with Gasteiger partial charge in [0.05, 0.1) is 5.56 Å². The minimum absolute atomic E-state index is 0.110. The molecule has 0 nitrogen and oxygen atoms in total. The second kappa shape index (κ2) is 5.25. The highest BCUT2D eigenvalue weighted by molar-refractivity contribution is 6.33. The number of halogens is 4. The molecule has 2 aromatic rings. The van der Waals surface area contributed by atoms with Gasteiger partial charge in [0.1, 0.15) is 0 Å². The second-order valence-electron chi connectivity index (χ2n) is 4.24. The molecule has 0 saturated carbocycles. The molecule has 4 heteroatoms. The van der Waals surface area contributed by atoms with Gasteiger partial charge in [0.25, 0.3) is 0 Å².